The molecule has 112 valence electrons. The summed E-state index contributed by atoms with van der Waals surface area (Å²) in [6.07, 6.45) is 2.01. The Morgan fingerprint density at radius 2 is 2.24 bits per heavy atom. The van der Waals surface area contributed by atoms with Crippen molar-refractivity contribution in [1.82, 2.24) is 14.5 Å². The van der Waals surface area contributed by atoms with Crippen molar-refractivity contribution in [2.24, 2.45) is 0 Å². The van der Waals surface area contributed by atoms with E-state index in [1.54, 1.807) is 30.5 Å². The highest BCUT2D eigenvalue weighted by Gasteiger charge is 2.34. The number of hydrogen-bond donors (Lipinski definition) is 0. The van der Waals surface area contributed by atoms with E-state index in [1.165, 1.54) is 15.6 Å². The largest absolute Gasteiger partial charge is 0.472 e. The minimum absolute atomic E-state index is 0.195. The molecule has 2 aromatic heterocycles. The lowest BCUT2D eigenvalue weighted by molar-refractivity contribution is 0.204. The molecule has 1 aliphatic rings. The number of hydrogen-bond acceptors (Lipinski definition) is 6. The third-order valence-electron chi connectivity index (χ3n) is 3.09. The van der Waals surface area contributed by atoms with Gasteiger partial charge in [0, 0.05) is 18.8 Å². The lowest BCUT2D eigenvalue weighted by atomic mass is 10.3. The maximum Gasteiger partial charge on any atom is 0.252 e. The van der Waals surface area contributed by atoms with Crippen molar-refractivity contribution in [2.45, 2.75) is 16.7 Å². The van der Waals surface area contributed by atoms with E-state index in [4.69, 9.17) is 4.74 Å². The summed E-state index contributed by atoms with van der Waals surface area (Å²) in [5, 5.41) is 7.58. The van der Waals surface area contributed by atoms with Crippen molar-refractivity contribution in [1.29, 1.82) is 0 Å². The highest BCUT2D eigenvalue weighted by atomic mass is 79.9. The minimum Gasteiger partial charge on any atom is -0.472 e. The molecule has 0 aromatic carbocycles. The van der Waals surface area contributed by atoms with Crippen LogP contribution >= 0.6 is 27.3 Å². The quantitative estimate of drug-likeness (QED) is 0.800. The molecule has 0 amide bonds. The van der Waals surface area contributed by atoms with Gasteiger partial charge in [0.25, 0.3) is 10.0 Å². The molecule has 21 heavy (non-hydrogen) atoms. The molecule has 1 aliphatic heterocycles. The molecule has 6 nitrogen and oxygen atoms in total. The summed E-state index contributed by atoms with van der Waals surface area (Å²) in [5.74, 6) is 0.417. The molecule has 0 bridgehead atoms. The number of aromatic nitrogens is 2. The van der Waals surface area contributed by atoms with E-state index in [1.807, 2.05) is 0 Å². The van der Waals surface area contributed by atoms with Gasteiger partial charge >= 0.3 is 0 Å². The molecule has 1 atom stereocenters. The lowest BCUT2D eigenvalue weighted by Gasteiger charge is -2.15. The number of thiophene rings is 1. The molecular formula is C12H12BrN3O3S2. The standard InChI is InChI=1S/C12H12BrN3O3S2/c13-10-3-4-12(20-10)21(17,18)16-7-5-9(8-16)19-11-2-1-6-14-15-11/h1-4,6,9H,5,7-8H2. The van der Waals surface area contributed by atoms with Gasteiger partial charge < -0.3 is 4.74 Å². The van der Waals surface area contributed by atoms with E-state index in [0.717, 1.165) is 3.79 Å². The zero-order valence-electron chi connectivity index (χ0n) is 10.8. The molecule has 3 heterocycles. The first-order chi connectivity index (χ1) is 10.1. The van der Waals surface area contributed by atoms with Crippen molar-refractivity contribution in [3.63, 3.8) is 0 Å². The first-order valence-electron chi connectivity index (χ1n) is 6.25. The van der Waals surface area contributed by atoms with E-state index in [-0.39, 0.29) is 6.10 Å². The average Bonchev–Trinajstić information content (AvgIpc) is 3.10. The van der Waals surface area contributed by atoms with Crippen LogP contribution in [0.1, 0.15) is 6.42 Å². The minimum atomic E-state index is -3.44. The van der Waals surface area contributed by atoms with Gasteiger partial charge in [-0.3, -0.25) is 0 Å². The van der Waals surface area contributed by atoms with Gasteiger partial charge in [-0.2, -0.15) is 9.40 Å². The predicted octanol–water partition coefficient (Wildman–Crippen LogP) is 2.14. The van der Waals surface area contributed by atoms with Crippen LogP contribution in [0.5, 0.6) is 5.88 Å². The highest BCUT2D eigenvalue weighted by Crippen LogP contribution is 2.30. The van der Waals surface area contributed by atoms with Crippen molar-refractivity contribution >= 4 is 37.3 Å². The first-order valence-corrected chi connectivity index (χ1v) is 9.30. The SMILES string of the molecule is O=S(=O)(c1ccc(Br)s1)N1CCC(Oc2cccnn2)C1. The Kier molecular flexibility index (Phi) is 4.25. The van der Waals surface area contributed by atoms with Crippen LogP contribution in [0.25, 0.3) is 0 Å². The summed E-state index contributed by atoms with van der Waals surface area (Å²) in [5.41, 5.74) is 0. The highest BCUT2D eigenvalue weighted by molar-refractivity contribution is 9.11. The van der Waals surface area contributed by atoms with Crippen molar-refractivity contribution in [3.05, 3.63) is 34.2 Å². The van der Waals surface area contributed by atoms with Crippen molar-refractivity contribution in [3.8, 4) is 5.88 Å². The van der Waals surface area contributed by atoms with Gasteiger partial charge in [-0.15, -0.1) is 16.4 Å². The summed E-state index contributed by atoms with van der Waals surface area (Å²) < 4.78 is 33.2. The first kappa shape index (κ1) is 14.9. The van der Waals surface area contributed by atoms with Gasteiger partial charge in [0.05, 0.1) is 10.3 Å². The third-order valence-corrected chi connectivity index (χ3v) is 7.04. The molecule has 1 unspecified atom stereocenters. The molecule has 1 fully saturated rings. The Morgan fingerprint density at radius 3 is 2.90 bits per heavy atom. The molecule has 3 rings (SSSR count). The summed E-state index contributed by atoms with van der Waals surface area (Å²) in [4.78, 5) is 0. The fourth-order valence-corrected chi connectivity index (χ4v) is 5.75. The van der Waals surface area contributed by atoms with Gasteiger partial charge in [-0.05, 0) is 40.5 Å². The monoisotopic (exact) mass is 389 g/mol. The second-order valence-corrected chi connectivity index (χ2v) is 9.14. The number of rotatable bonds is 4. The van der Waals surface area contributed by atoms with E-state index >= 15 is 0 Å². The van der Waals surface area contributed by atoms with Crippen LogP contribution in [0.15, 0.2) is 38.5 Å². The molecule has 0 N–H and O–H groups in total. The summed E-state index contributed by atoms with van der Waals surface area (Å²) in [7, 11) is -3.44. The third kappa shape index (κ3) is 3.25. The van der Waals surface area contributed by atoms with E-state index in [0.29, 0.717) is 29.6 Å². The predicted molar refractivity (Wildman–Crippen MR) is 81.8 cm³/mol. The Morgan fingerprint density at radius 1 is 1.38 bits per heavy atom. The lowest BCUT2D eigenvalue weighted by Crippen LogP contribution is -2.30. The number of halogens is 1. The molecule has 0 saturated carbocycles. The molecule has 2 aromatic rings. The summed E-state index contributed by atoms with van der Waals surface area (Å²) in [6, 6.07) is 6.79. The van der Waals surface area contributed by atoms with Crippen LogP contribution in [-0.4, -0.2) is 42.1 Å². The molecule has 0 spiro atoms. The van der Waals surface area contributed by atoms with Crippen LogP contribution in [0.4, 0.5) is 0 Å². The molecule has 0 radical (unpaired) electrons. The average molecular weight is 390 g/mol. The van der Waals surface area contributed by atoms with E-state index in [9.17, 15) is 8.42 Å². The fraction of sp³-hybridized carbons (Fsp3) is 0.333. The smallest absolute Gasteiger partial charge is 0.252 e. The fourth-order valence-electron chi connectivity index (χ4n) is 2.10. The van der Waals surface area contributed by atoms with Crippen LogP contribution in [-0.2, 0) is 10.0 Å². The Hall–Kier alpha value is -1.03. The van der Waals surface area contributed by atoms with Gasteiger partial charge in [0.2, 0.25) is 5.88 Å². The van der Waals surface area contributed by atoms with Crippen LogP contribution < -0.4 is 4.74 Å². The van der Waals surface area contributed by atoms with E-state index in [2.05, 4.69) is 26.1 Å². The Balaban J connectivity index is 1.69. The zero-order valence-corrected chi connectivity index (χ0v) is 14.1. The zero-order chi connectivity index (χ0) is 14.9. The van der Waals surface area contributed by atoms with Gasteiger partial charge in [0.15, 0.2) is 0 Å². The maximum atomic E-state index is 12.5. The van der Waals surface area contributed by atoms with Crippen molar-refractivity contribution < 1.29 is 13.2 Å². The molecule has 0 aliphatic carbocycles. The van der Waals surface area contributed by atoms with Crippen LogP contribution in [0.2, 0.25) is 0 Å². The van der Waals surface area contributed by atoms with Crippen molar-refractivity contribution in [2.75, 3.05) is 13.1 Å². The van der Waals surface area contributed by atoms with Crippen LogP contribution in [0, 0.1) is 0 Å². The normalized spacial score (nSPS) is 19.8. The topological polar surface area (TPSA) is 72.4 Å². The number of ether oxygens (including phenoxy) is 1. The molecular weight excluding hydrogens is 378 g/mol. The van der Waals surface area contributed by atoms with E-state index < -0.39 is 10.0 Å². The Bertz CT molecular complexity index is 720. The summed E-state index contributed by atoms with van der Waals surface area (Å²) in [6.45, 7) is 0.775. The molecule has 1 saturated heterocycles. The molecule has 9 heteroatoms. The Labute approximate surface area is 134 Å². The van der Waals surface area contributed by atoms with Crippen LogP contribution in [0.3, 0.4) is 0 Å². The summed E-state index contributed by atoms with van der Waals surface area (Å²) >= 11 is 4.50. The second kappa shape index (κ2) is 5.99. The number of nitrogens with zero attached hydrogens (tertiary/aromatic N) is 3. The second-order valence-electron chi connectivity index (χ2n) is 4.51. The number of sulfonamides is 1. The maximum absolute atomic E-state index is 12.5. The van der Waals surface area contributed by atoms with Gasteiger partial charge in [-0.25, -0.2) is 8.42 Å². The van der Waals surface area contributed by atoms with Gasteiger partial charge in [0.1, 0.15) is 10.3 Å². The van der Waals surface area contributed by atoms with Gasteiger partial charge in [-0.1, -0.05) is 0 Å².